The Kier molecular flexibility index (Phi) is 3.34. The molecule has 4 N–H and O–H groups in total. The van der Waals surface area contributed by atoms with E-state index < -0.39 is 30.7 Å². The van der Waals surface area contributed by atoms with Crippen LogP contribution in [0.4, 0.5) is 10.2 Å². The van der Waals surface area contributed by atoms with E-state index in [-0.39, 0.29) is 11.5 Å². The van der Waals surface area contributed by atoms with Crippen LogP contribution < -0.4 is 5.73 Å². The van der Waals surface area contributed by atoms with Crippen LogP contribution in [0.15, 0.2) is 23.6 Å². The van der Waals surface area contributed by atoms with Crippen molar-refractivity contribution >= 4 is 11.3 Å². The van der Waals surface area contributed by atoms with Crippen LogP contribution in [0.2, 0.25) is 0 Å². The van der Waals surface area contributed by atoms with Gasteiger partial charge < -0.3 is 20.7 Å². The third-order valence-electron chi connectivity index (χ3n) is 3.63. The fourth-order valence-electron chi connectivity index (χ4n) is 2.50. The molecule has 0 saturated carbocycles. The molecular formula is C11H12FN7O3. The molecule has 1 saturated heterocycles. The average Bonchev–Trinajstić information content (AvgIpc) is 3.04. The average molecular weight is 309 g/mol. The molecule has 3 rings (SSSR count). The lowest BCUT2D eigenvalue weighted by atomic mass is 10.0. The highest BCUT2D eigenvalue weighted by atomic mass is 19.1. The zero-order valence-corrected chi connectivity index (χ0v) is 11.1. The summed E-state index contributed by atoms with van der Waals surface area (Å²) in [5.74, 6) is 0.193. The number of alkyl halides is 1. The maximum atomic E-state index is 14.4. The maximum Gasteiger partial charge on any atom is 0.199 e. The van der Waals surface area contributed by atoms with Crippen molar-refractivity contribution in [1.29, 1.82) is 0 Å². The van der Waals surface area contributed by atoms with Gasteiger partial charge in [0, 0.05) is 4.91 Å². The molecule has 11 heteroatoms. The summed E-state index contributed by atoms with van der Waals surface area (Å²) in [6.07, 6.45) is -3.84. The fraction of sp³-hybridized carbons (Fsp3) is 0.455. The van der Waals surface area contributed by atoms with E-state index in [1.54, 1.807) is 6.07 Å². The minimum Gasteiger partial charge on any atom is -0.393 e. The molecule has 0 aliphatic carbocycles. The first-order chi connectivity index (χ1) is 10.5. The molecule has 0 radical (unpaired) electrons. The van der Waals surface area contributed by atoms with E-state index in [9.17, 15) is 14.6 Å². The molecule has 0 amide bonds. The number of aliphatic hydroxyl groups is 2. The monoisotopic (exact) mass is 309 g/mol. The third kappa shape index (κ3) is 1.88. The molecule has 22 heavy (non-hydrogen) atoms. The molecule has 2 aromatic heterocycles. The Morgan fingerprint density at radius 3 is 3.05 bits per heavy atom. The van der Waals surface area contributed by atoms with E-state index in [4.69, 9.17) is 16.0 Å². The molecule has 2 aromatic rings. The van der Waals surface area contributed by atoms with Crippen molar-refractivity contribution in [2.75, 3.05) is 12.3 Å². The lowest BCUT2D eigenvalue weighted by Gasteiger charge is -2.23. The molecule has 0 unspecified atom stereocenters. The zero-order chi connectivity index (χ0) is 15.9. The van der Waals surface area contributed by atoms with Crippen molar-refractivity contribution in [1.82, 2.24) is 14.6 Å². The third-order valence-corrected chi connectivity index (χ3v) is 3.63. The molecule has 4 atom stereocenters. The van der Waals surface area contributed by atoms with Crippen LogP contribution in [0.5, 0.6) is 0 Å². The quantitative estimate of drug-likeness (QED) is 0.414. The van der Waals surface area contributed by atoms with Gasteiger partial charge in [0.25, 0.3) is 0 Å². The van der Waals surface area contributed by atoms with Gasteiger partial charge in [0.1, 0.15) is 24.1 Å². The van der Waals surface area contributed by atoms with Crippen LogP contribution in [-0.2, 0) is 4.74 Å². The molecule has 3 heterocycles. The van der Waals surface area contributed by atoms with Crippen molar-refractivity contribution in [3.05, 3.63) is 34.6 Å². The second-order valence-electron chi connectivity index (χ2n) is 4.82. The van der Waals surface area contributed by atoms with Crippen LogP contribution in [0.1, 0.15) is 11.8 Å². The standard InChI is InChI=1S/C11H12FN7O3/c12-7-8(22-11(3-20,9(7)21)17-18-14)5-1-2-6-10(13)15-4-16-19(5)6/h1-2,4,7-9,20-21H,3H2,(H2,13,15,16)/t7-,8-,9-,11+/m0/s1. The predicted molar refractivity (Wildman–Crippen MR) is 71.1 cm³/mol. The van der Waals surface area contributed by atoms with E-state index in [1.165, 1.54) is 16.9 Å². The fourth-order valence-corrected chi connectivity index (χ4v) is 2.50. The summed E-state index contributed by atoms with van der Waals surface area (Å²) in [6.45, 7) is -0.865. The van der Waals surface area contributed by atoms with Gasteiger partial charge in [-0.1, -0.05) is 5.11 Å². The normalized spacial score (nSPS) is 31.3. The van der Waals surface area contributed by atoms with Gasteiger partial charge in [0.2, 0.25) is 0 Å². The van der Waals surface area contributed by atoms with E-state index in [0.29, 0.717) is 5.52 Å². The molecule has 1 fully saturated rings. The Morgan fingerprint density at radius 2 is 2.36 bits per heavy atom. The number of nitrogens with two attached hydrogens (primary N) is 1. The van der Waals surface area contributed by atoms with Crippen molar-refractivity contribution in [2.45, 2.75) is 24.1 Å². The minimum atomic E-state index is -2.08. The van der Waals surface area contributed by atoms with E-state index >= 15 is 0 Å². The lowest BCUT2D eigenvalue weighted by molar-refractivity contribution is -0.108. The van der Waals surface area contributed by atoms with Gasteiger partial charge in [0.05, 0.1) is 12.3 Å². The van der Waals surface area contributed by atoms with E-state index in [2.05, 4.69) is 20.1 Å². The van der Waals surface area contributed by atoms with Gasteiger partial charge in [0.15, 0.2) is 17.7 Å². The lowest BCUT2D eigenvalue weighted by Crippen LogP contribution is -2.43. The minimum absolute atomic E-state index is 0.193. The number of hydrogen-bond donors (Lipinski definition) is 3. The Hall–Kier alpha value is -2.46. The van der Waals surface area contributed by atoms with Crippen molar-refractivity contribution in [2.24, 2.45) is 5.11 Å². The van der Waals surface area contributed by atoms with E-state index in [0.717, 1.165) is 0 Å². The van der Waals surface area contributed by atoms with Crippen molar-refractivity contribution < 1.29 is 19.3 Å². The number of aromatic nitrogens is 3. The second-order valence-corrected chi connectivity index (χ2v) is 4.82. The number of aliphatic hydroxyl groups excluding tert-OH is 2. The largest absolute Gasteiger partial charge is 0.393 e. The highest BCUT2D eigenvalue weighted by molar-refractivity contribution is 5.65. The molecule has 10 nitrogen and oxygen atoms in total. The second kappa shape index (κ2) is 5.07. The first kappa shape index (κ1) is 14.5. The van der Waals surface area contributed by atoms with Crippen LogP contribution in [0.25, 0.3) is 16.0 Å². The summed E-state index contributed by atoms with van der Waals surface area (Å²) >= 11 is 0. The van der Waals surface area contributed by atoms with Crippen LogP contribution in [0.3, 0.4) is 0 Å². The first-order valence-corrected chi connectivity index (χ1v) is 6.29. The summed E-state index contributed by atoms with van der Waals surface area (Å²) < 4.78 is 21.1. The van der Waals surface area contributed by atoms with E-state index in [1.807, 2.05) is 0 Å². The Bertz CT molecular complexity index is 761. The molecule has 1 aliphatic heterocycles. The number of nitrogen functional groups attached to an aromatic ring is 1. The first-order valence-electron chi connectivity index (χ1n) is 6.29. The van der Waals surface area contributed by atoms with Crippen LogP contribution in [-0.4, -0.2) is 49.4 Å². The van der Waals surface area contributed by atoms with Gasteiger partial charge in [-0.3, -0.25) is 0 Å². The number of ether oxygens (including phenoxy) is 1. The smallest absolute Gasteiger partial charge is 0.199 e. The Labute approximate surface area is 122 Å². The summed E-state index contributed by atoms with van der Waals surface area (Å²) in [4.78, 5) is 6.31. The Morgan fingerprint density at radius 1 is 1.59 bits per heavy atom. The van der Waals surface area contributed by atoms with Gasteiger partial charge in [-0.25, -0.2) is 13.9 Å². The number of anilines is 1. The molecule has 1 aliphatic rings. The predicted octanol–water partition coefficient (Wildman–Crippen LogP) is 0.0807. The number of rotatable bonds is 3. The summed E-state index contributed by atoms with van der Waals surface area (Å²) in [7, 11) is 0. The van der Waals surface area contributed by atoms with Gasteiger partial charge in [-0.15, -0.1) is 0 Å². The molecule has 0 bridgehead atoms. The molecule has 116 valence electrons. The van der Waals surface area contributed by atoms with Crippen LogP contribution in [0, 0.1) is 0 Å². The SMILES string of the molecule is [N-]=[N+]=N[C@]1(CO)O[C@@H](c2ccc3c(N)ncnn23)[C@H](F)[C@@H]1O. The summed E-state index contributed by atoms with van der Waals surface area (Å²) in [5, 5.41) is 26.5. The number of azide groups is 1. The highest BCUT2D eigenvalue weighted by Crippen LogP contribution is 2.43. The maximum absolute atomic E-state index is 14.4. The Balaban J connectivity index is 2.08. The number of nitrogens with zero attached hydrogens (tertiary/aromatic N) is 6. The summed E-state index contributed by atoms with van der Waals surface area (Å²) in [6, 6.07) is 3.08. The molecular weight excluding hydrogens is 297 g/mol. The summed E-state index contributed by atoms with van der Waals surface area (Å²) in [5.41, 5.74) is 12.8. The number of hydrogen-bond acceptors (Lipinski definition) is 7. The van der Waals surface area contributed by atoms with Gasteiger partial charge in [-0.05, 0) is 17.7 Å². The molecule has 0 spiro atoms. The van der Waals surface area contributed by atoms with Crippen molar-refractivity contribution in [3.8, 4) is 0 Å². The van der Waals surface area contributed by atoms with Gasteiger partial charge in [-0.2, -0.15) is 5.10 Å². The highest BCUT2D eigenvalue weighted by Gasteiger charge is 2.56. The number of halogens is 1. The topological polar surface area (TPSA) is 155 Å². The zero-order valence-electron chi connectivity index (χ0n) is 11.1. The van der Waals surface area contributed by atoms with Crippen molar-refractivity contribution in [3.63, 3.8) is 0 Å². The van der Waals surface area contributed by atoms with Gasteiger partial charge >= 0.3 is 0 Å². The molecule has 0 aromatic carbocycles. The van der Waals surface area contributed by atoms with Crippen LogP contribution >= 0.6 is 0 Å². The number of fused-ring (bicyclic) bond motifs is 1.